The number of H-pyrrole nitrogens is 1. The maximum Gasteiger partial charge on any atom is 0.227 e. The lowest BCUT2D eigenvalue weighted by atomic mass is 9.61. The number of nitrogens with zero attached hydrogens (tertiary/aromatic N) is 4. The Labute approximate surface area is 217 Å². The van der Waals surface area contributed by atoms with Gasteiger partial charge in [0.1, 0.15) is 11.8 Å². The third-order valence-electron chi connectivity index (χ3n) is 9.32. The topological polar surface area (TPSA) is 98.5 Å². The summed E-state index contributed by atoms with van der Waals surface area (Å²) in [5, 5.41) is 5.61. The first-order chi connectivity index (χ1) is 18.0. The molecular weight excluding hydrogens is 470 g/mol. The molecule has 3 atom stereocenters. The Morgan fingerprint density at radius 1 is 1.11 bits per heavy atom. The quantitative estimate of drug-likeness (QED) is 0.544. The highest BCUT2D eigenvalue weighted by Crippen LogP contribution is 2.56. The van der Waals surface area contributed by atoms with Crippen molar-refractivity contribution in [2.45, 2.75) is 95.0 Å². The first kappa shape index (κ1) is 23.6. The molecule has 4 aliphatic rings. The summed E-state index contributed by atoms with van der Waals surface area (Å²) in [7, 11) is 2.17. The third kappa shape index (κ3) is 3.57. The number of nitrogens with one attached hydrogen (secondary N) is 1. The number of likely N-dealkylation sites (tertiary alicyclic amines) is 1. The molecule has 198 valence electrons. The molecule has 37 heavy (non-hydrogen) atoms. The van der Waals surface area contributed by atoms with Crippen LogP contribution >= 0.6 is 0 Å². The fourth-order valence-electron chi connectivity index (χ4n) is 7.57. The van der Waals surface area contributed by atoms with E-state index in [1.807, 2.05) is 6.92 Å². The lowest BCUT2D eigenvalue weighted by molar-refractivity contribution is -0.231. The average molecular weight is 508 g/mol. The van der Waals surface area contributed by atoms with Gasteiger partial charge in [-0.25, -0.2) is 4.98 Å². The van der Waals surface area contributed by atoms with E-state index in [0.29, 0.717) is 36.7 Å². The van der Waals surface area contributed by atoms with Gasteiger partial charge in [-0.2, -0.15) is 4.98 Å². The number of aromatic nitrogens is 4. The lowest BCUT2D eigenvalue weighted by Gasteiger charge is -2.50. The minimum Gasteiger partial charge on any atom is -0.472 e. The van der Waals surface area contributed by atoms with Crippen LogP contribution in [0, 0.1) is 6.92 Å². The normalized spacial score (nSPS) is 28.4. The Kier molecular flexibility index (Phi) is 5.60. The second-order valence-electron chi connectivity index (χ2n) is 11.5. The monoisotopic (exact) mass is 507 g/mol. The molecule has 2 aliphatic carbocycles. The summed E-state index contributed by atoms with van der Waals surface area (Å²) in [6.45, 7) is 6.56. The van der Waals surface area contributed by atoms with Gasteiger partial charge in [0.05, 0.1) is 29.7 Å². The van der Waals surface area contributed by atoms with Crippen molar-refractivity contribution >= 4 is 11.0 Å². The van der Waals surface area contributed by atoms with Gasteiger partial charge in [-0.1, -0.05) is 11.6 Å². The Morgan fingerprint density at radius 3 is 2.73 bits per heavy atom. The highest BCUT2D eigenvalue weighted by atomic mass is 16.7. The van der Waals surface area contributed by atoms with E-state index in [9.17, 15) is 0 Å². The summed E-state index contributed by atoms with van der Waals surface area (Å²) in [5.41, 5.74) is 3.60. The SMILES string of the molecule is Cc1cc2c(O[C@@H](C)[C@@H]3CCCN3C)nc(-c3onc4c3CCC[C@@]43CCCCC34OCCO4)nc2[nH]1. The van der Waals surface area contributed by atoms with Crippen LogP contribution in [0.15, 0.2) is 10.6 Å². The fraction of sp³-hybridized carbons (Fsp3) is 0.679. The van der Waals surface area contributed by atoms with Crippen LogP contribution in [0.3, 0.4) is 0 Å². The summed E-state index contributed by atoms with van der Waals surface area (Å²) in [6, 6.07) is 2.44. The molecule has 5 heterocycles. The zero-order valence-electron chi connectivity index (χ0n) is 22.1. The number of likely N-dealkylation sites (N-methyl/N-ethyl adjacent to an activating group) is 1. The molecule has 0 bridgehead atoms. The summed E-state index contributed by atoms with van der Waals surface area (Å²) < 4.78 is 25.4. The summed E-state index contributed by atoms with van der Waals surface area (Å²) in [6.07, 6.45) is 9.44. The smallest absolute Gasteiger partial charge is 0.227 e. The number of ether oxygens (including phenoxy) is 3. The molecule has 0 aromatic carbocycles. The lowest BCUT2D eigenvalue weighted by Crippen LogP contribution is -2.56. The van der Waals surface area contributed by atoms with E-state index in [-0.39, 0.29) is 11.5 Å². The van der Waals surface area contributed by atoms with Crippen LogP contribution in [0.25, 0.3) is 22.6 Å². The Bertz CT molecular complexity index is 1310. The van der Waals surface area contributed by atoms with E-state index < -0.39 is 5.79 Å². The van der Waals surface area contributed by atoms with Crippen LogP contribution in [-0.2, 0) is 21.3 Å². The molecule has 9 nitrogen and oxygen atoms in total. The van der Waals surface area contributed by atoms with Crippen molar-refractivity contribution in [1.82, 2.24) is 25.0 Å². The van der Waals surface area contributed by atoms with Gasteiger partial charge in [0.2, 0.25) is 17.5 Å². The standard InChI is InChI=1S/C28H37N5O4/c1-17-16-20-24(29-17)30-25(31-26(20)36-18(2)21-9-7-13-33(21)3)22-19-8-6-11-27(23(19)32-37-22)10-4-5-12-28(27)34-14-15-35-28/h16,18,21H,4-15H2,1-3H3,(H,29,30,31)/t18-,21-,27-/m0/s1. The van der Waals surface area contributed by atoms with Crippen LogP contribution in [0.2, 0.25) is 0 Å². The van der Waals surface area contributed by atoms with Gasteiger partial charge >= 0.3 is 0 Å². The number of rotatable bonds is 4. The molecule has 1 saturated carbocycles. The largest absolute Gasteiger partial charge is 0.472 e. The van der Waals surface area contributed by atoms with Gasteiger partial charge in [-0.05, 0) is 78.5 Å². The Balaban J connectivity index is 1.30. The molecule has 2 spiro atoms. The Morgan fingerprint density at radius 2 is 1.92 bits per heavy atom. The molecule has 3 aromatic rings. The molecule has 0 amide bonds. The molecule has 0 unspecified atom stereocenters. The number of aryl methyl sites for hydroxylation is 1. The van der Waals surface area contributed by atoms with Gasteiger partial charge in [-0.15, -0.1) is 0 Å². The van der Waals surface area contributed by atoms with Gasteiger partial charge in [-0.3, -0.25) is 4.90 Å². The van der Waals surface area contributed by atoms with E-state index in [1.54, 1.807) is 0 Å². The second kappa shape index (κ2) is 8.78. The van der Waals surface area contributed by atoms with Crippen molar-refractivity contribution in [3.05, 3.63) is 23.0 Å². The molecular formula is C28H37N5O4. The van der Waals surface area contributed by atoms with Gasteiger partial charge < -0.3 is 23.7 Å². The third-order valence-corrected chi connectivity index (χ3v) is 9.32. The highest BCUT2D eigenvalue weighted by molar-refractivity contribution is 5.83. The van der Waals surface area contributed by atoms with Crippen LogP contribution in [0.1, 0.15) is 75.2 Å². The van der Waals surface area contributed by atoms with Crippen molar-refractivity contribution in [2.75, 3.05) is 26.8 Å². The van der Waals surface area contributed by atoms with Gasteiger partial charge in [0.15, 0.2) is 5.79 Å². The van der Waals surface area contributed by atoms with Crippen molar-refractivity contribution in [3.8, 4) is 17.5 Å². The zero-order chi connectivity index (χ0) is 25.2. The molecule has 1 N–H and O–H groups in total. The molecule has 9 heteroatoms. The van der Waals surface area contributed by atoms with Crippen LogP contribution in [-0.4, -0.2) is 69.7 Å². The molecule has 3 fully saturated rings. The average Bonchev–Trinajstić information content (AvgIpc) is 3.68. The van der Waals surface area contributed by atoms with Crippen molar-refractivity contribution in [2.24, 2.45) is 0 Å². The first-order valence-corrected chi connectivity index (χ1v) is 14.0. The van der Waals surface area contributed by atoms with E-state index in [4.69, 9.17) is 33.9 Å². The second-order valence-corrected chi connectivity index (χ2v) is 11.5. The maximum atomic E-state index is 6.55. The van der Waals surface area contributed by atoms with E-state index in [1.165, 1.54) is 6.42 Å². The van der Waals surface area contributed by atoms with E-state index in [2.05, 4.69) is 29.9 Å². The van der Waals surface area contributed by atoms with Crippen LogP contribution in [0.4, 0.5) is 0 Å². The number of hydrogen-bond acceptors (Lipinski definition) is 8. The Hall–Kier alpha value is -2.49. The van der Waals surface area contributed by atoms with Crippen molar-refractivity contribution in [1.29, 1.82) is 0 Å². The fourth-order valence-corrected chi connectivity index (χ4v) is 7.57. The van der Waals surface area contributed by atoms with Crippen LogP contribution in [0.5, 0.6) is 5.88 Å². The summed E-state index contributed by atoms with van der Waals surface area (Å²) in [5.74, 6) is 1.19. The van der Waals surface area contributed by atoms with Gasteiger partial charge in [0.25, 0.3) is 0 Å². The minimum absolute atomic E-state index is 0.0133. The van der Waals surface area contributed by atoms with E-state index in [0.717, 1.165) is 85.9 Å². The molecule has 0 radical (unpaired) electrons. The molecule has 7 rings (SSSR count). The predicted octanol–water partition coefficient (Wildman–Crippen LogP) is 4.67. The van der Waals surface area contributed by atoms with Crippen molar-refractivity contribution < 1.29 is 18.7 Å². The number of fused-ring (bicyclic) bond motifs is 4. The van der Waals surface area contributed by atoms with Gasteiger partial charge in [0, 0.05) is 23.7 Å². The van der Waals surface area contributed by atoms with Crippen molar-refractivity contribution in [3.63, 3.8) is 0 Å². The molecule has 2 aliphatic heterocycles. The predicted molar refractivity (Wildman–Crippen MR) is 138 cm³/mol. The summed E-state index contributed by atoms with van der Waals surface area (Å²) >= 11 is 0. The summed E-state index contributed by atoms with van der Waals surface area (Å²) in [4.78, 5) is 15.6. The molecule has 2 saturated heterocycles. The zero-order valence-corrected chi connectivity index (χ0v) is 22.1. The van der Waals surface area contributed by atoms with Crippen LogP contribution < -0.4 is 4.74 Å². The number of aromatic amines is 1. The number of hydrogen-bond donors (Lipinski definition) is 1. The molecule has 3 aromatic heterocycles. The maximum absolute atomic E-state index is 6.55. The van der Waals surface area contributed by atoms with E-state index >= 15 is 0 Å². The highest BCUT2D eigenvalue weighted by Gasteiger charge is 2.61. The first-order valence-electron chi connectivity index (χ1n) is 14.0. The minimum atomic E-state index is -0.590.